The number of aromatic nitrogens is 1. The van der Waals surface area contributed by atoms with Gasteiger partial charge in [-0.3, -0.25) is 4.79 Å². The van der Waals surface area contributed by atoms with E-state index in [0.717, 1.165) is 51.6 Å². The van der Waals surface area contributed by atoms with Crippen LogP contribution in [0.5, 0.6) is 23.0 Å². The van der Waals surface area contributed by atoms with Crippen LogP contribution in [0.4, 0.5) is 0 Å². The predicted molar refractivity (Wildman–Crippen MR) is 155 cm³/mol. The summed E-state index contributed by atoms with van der Waals surface area (Å²) in [5.74, 6) is 1.95. The third kappa shape index (κ3) is 5.07. The van der Waals surface area contributed by atoms with Gasteiger partial charge in [0.15, 0.2) is 11.5 Å². The zero-order valence-electron chi connectivity index (χ0n) is 23.6. The lowest BCUT2D eigenvalue weighted by Gasteiger charge is -2.27. The van der Waals surface area contributed by atoms with Gasteiger partial charge >= 0.3 is 0 Å². The Balaban J connectivity index is 1.53. The van der Waals surface area contributed by atoms with Crippen molar-refractivity contribution in [2.24, 2.45) is 0 Å². The maximum atomic E-state index is 13.8. The van der Waals surface area contributed by atoms with Crippen LogP contribution in [0.25, 0.3) is 22.0 Å². The van der Waals surface area contributed by atoms with Gasteiger partial charge in [0.2, 0.25) is 5.75 Å². The molecule has 8 heteroatoms. The lowest BCUT2D eigenvalue weighted by Crippen LogP contribution is -2.39. The Labute approximate surface area is 234 Å². The second-order valence-corrected chi connectivity index (χ2v) is 10.3. The SMILES string of the molecule is COc1cc2c(c(OC)c1OC)CCc1cc(OC(C)C)c(C(=O)N[C@@H](CO)Cc3c[nH]c4ccccc34)cc1-2. The van der Waals surface area contributed by atoms with E-state index < -0.39 is 6.04 Å². The lowest BCUT2D eigenvalue weighted by molar-refractivity contribution is 0.0910. The van der Waals surface area contributed by atoms with E-state index >= 15 is 0 Å². The van der Waals surface area contributed by atoms with Crippen molar-refractivity contribution in [1.29, 1.82) is 0 Å². The molecule has 1 amide bonds. The van der Waals surface area contributed by atoms with Crippen molar-refractivity contribution in [3.63, 3.8) is 0 Å². The van der Waals surface area contributed by atoms with Crippen molar-refractivity contribution in [3.05, 3.63) is 70.9 Å². The number of rotatable bonds is 10. The van der Waals surface area contributed by atoms with Crippen LogP contribution in [0.2, 0.25) is 0 Å². The predicted octanol–water partition coefficient (Wildman–Crippen LogP) is 5.08. The number of para-hydroxylation sites is 1. The topological polar surface area (TPSA) is 102 Å². The number of methoxy groups -OCH3 is 3. The minimum absolute atomic E-state index is 0.121. The zero-order valence-corrected chi connectivity index (χ0v) is 23.6. The maximum absolute atomic E-state index is 13.8. The number of ether oxygens (including phenoxy) is 4. The van der Waals surface area contributed by atoms with Crippen molar-refractivity contribution in [2.75, 3.05) is 27.9 Å². The number of aryl methyl sites for hydroxylation is 1. The Hall–Kier alpha value is -4.17. The Bertz CT molecular complexity index is 1540. The number of carbonyl (C=O) groups excluding carboxylic acids is 1. The number of hydrogen-bond acceptors (Lipinski definition) is 6. The van der Waals surface area contributed by atoms with E-state index in [0.29, 0.717) is 35.0 Å². The molecule has 0 radical (unpaired) electrons. The first-order chi connectivity index (χ1) is 19.4. The Kier molecular flexibility index (Phi) is 7.89. The summed E-state index contributed by atoms with van der Waals surface area (Å²) < 4.78 is 23.1. The van der Waals surface area contributed by atoms with Crippen LogP contribution in [0.1, 0.15) is 40.9 Å². The first-order valence-electron chi connectivity index (χ1n) is 13.5. The van der Waals surface area contributed by atoms with Crippen molar-refractivity contribution in [3.8, 4) is 34.1 Å². The van der Waals surface area contributed by atoms with Crippen molar-refractivity contribution in [2.45, 2.75) is 45.3 Å². The number of aliphatic hydroxyl groups excluding tert-OH is 1. The number of benzene rings is 3. The Morgan fingerprint density at radius 1 is 0.975 bits per heavy atom. The summed E-state index contributed by atoms with van der Waals surface area (Å²) in [5, 5.41) is 14.3. The molecule has 1 aliphatic carbocycles. The fourth-order valence-electron chi connectivity index (χ4n) is 5.56. The molecule has 1 atom stereocenters. The summed E-state index contributed by atoms with van der Waals surface area (Å²) in [6, 6.07) is 13.3. The van der Waals surface area contributed by atoms with E-state index in [-0.39, 0.29) is 18.6 Å². The number of aromatic amines is 1. The van der Waals surface area contributed by atoms with Crippen LogP contribution in [0.3, 0.4) is 0 Å². The van der Waals surface area contributed by atoms with Crippen molar-refractivity contribution >= 4 is 16.8 Å². The summed E-state index contributed by atoms with van der Waals surface area (Å²) in [6.07, 6.45) is 3.79. The van der Waals surface area contributed by atoms with Gasteiger partial charge in [-0.2, -0.15) is 0 Å². The molecule has 40 heavy (non-hydrogen) atoms. The molecule has 1 heterocycles. The highest BCUT2D eigenvalue weighted by atomic mass is 16.5. The summed E-state index contributed by atoms with van der Waals surface area (Å²) in [5.41, 5.74) is 6.38. The Morgan fingerprint density at radius 3 is 2.45 bits per heavy atom. The largest absolute Gasteiger partial charge is 0.493 e. The number of carbonyl (C=O) groups is 1. The van der Waals surface area contributed by atoms with E-state index in [9.17, 15) is 9.90 Å². The smallest absolute Gasteiger partial charge is 0.255 e. The van der Waals surface area contributed by atoms with Crippen molar-refractivity contribution < 1.29 is 28.8 Å². The monoisotopic (exact) mass is 544 g/mol. The van der Waals surface area contributed by atoms with Gasteiger partial charge in [-0.1, -0.05) is 18.2 Å². The van der Waals surface area contributed by atoms with Gasteiger partial charge in [-0.05, 0) is 79.6 Å². The summed E-state index contributed by atoms with van der Waals surface area (Å²) in [7, 11) is 4.80. The van der Waals surface area contributed by atoms with Gasteiger partial charge in [0, 0.05) is 22.7 Å². The van der Waals surface area contributed by atoms with Crippen LogP contribution in [0, 0.1) is 0 Å². The van der Waals surface area contributed by atoms with Crippen LogP contribution < -0.4 is 24.3 Å². The summed E-state index contributed by atoms with van der Waals surface area (Å²) in [6.45, 7) is 3.67. The molecule has 0 aliphatic heterocycles. The van der Waals surface area contributed by atoms with Crippen molar-refractivity contribution in [1.82, 2.24) is 10.3 Å². The molecule has 0 saturated heterocycles. The van der Waals surface area contributed by atoms with E-state index in [1.807, 2.05) is 62.5 Å². The number of aliphatic hydroxyl groups is 1. The first-order valence-corrected chi connectivity index (χ1v) is 13.5. The van der Waals surface area contributed by atoms with E-state index in [1.54, 1.807) is 21.3 Å². The first kappa shape index (κ1) is 27.4. The molecule has 0 unspecified atom stereocenters. The number of fused-ring (bicyclic) bond motifs is 4. The number of amides is 1. The molecule has 4 aromatic rings. The molecule has 1 aliphatic rings. The van der Waals surface area contributed by atoms with Gasteiger partial charge in [0.05, 0.1) is 45.6 Å². The van der Waals surface area contributed by atoms with Gasteiger partial charge in [-0.25, -0.2) is 0 Å². The van der Waals surface area contributed by atoms with Crippen LogP contribution in [-0.4, -0.2) is 56.1 Å². The highest BCUT2D eigenvalue weighted by Crippen LogP contribution is 2.49. The van der Waals surface area contributed by atoms with E-state index in [1.165, 1.54) is 0 Å². The summed E-state index contributed by atoms with van der Waals surface area (Å²) in [4.78, 5) is 17.0. The molecule has 0 fully saturated rings. The lowest BCUT2D eigenvalue weighted by atomic mass is 9.83. The van der Waals surface area contributed by atoms with E-state index in [2.05, 4.69) is 10.3 Å². The maximum Gasteiger partial charge on any atom is 0.255 e. The molecule has 5 rings (SSSR count). The van der Waals surface area contributed by atoms with Gasteiger partial charge < -0.3 is 34.4 Å². The average molecular weight is 545 g/mol. The quantitative estimate of drug-likeness (QED) is 0.257. The van der Waals surface area contributed by atoms with E-state index in [4.69, 9.17) is 18.9 Å². The molecule has 0 saturated carbocycles. The second-order valence-electron chi connectivity index (χ2n) is 10.3. The normalized spacial score (nSPS) is 13.0. The molecule has 8 nitrogen and oxygen atoms in total. The molecule has 3 N–H and O–H groups in total. The number of nitrogens with one attached hydrogen (secondary N) is 2. The minimum atomic E-state index is -0.480. The fraction of sp³-hybridized carbons (Fsp3) is 0.344. The molecule has 3 aromatic carbocycles. The highest BCUT2D eigenvalue weighted by Gasteiger charge is 2.29. The number of hydrogen-bond donors (Lipinski definition) is 3. The third-order valence-corrected chi connectivity index (χ3v) is 7.38. The molecule has 0 spiro atoms. The van der Waals surface area contributed by atoms with Gasteiger partial charge in [0.1, 0.15) is 5.75 Å². The molecule has 1 aromatic heterocycles. The van der Waals surface area contributed by atoms with Gasteiger partial charge in [0.25, 0.3) is 5.91 Å². The standard InChI is InChI=1S/C32H36N2O6/c1-18(2)40-28-13-19-10-11-23-25(15-29(37-3)31(39-5)30(23)38-4)24(19)14-26(28)32(36)34-21(17-35)12-20-16-33-27-9-7-6-8-22(20)27/h6-9,13-16,18,21,33,35H,10-12,17H2,1-5H3,(H,34,36)/t21-/m1/s1. The fourth-order valence-corrected chi connectivity index (χ4v) is 5.56. The van der Waals surface area contributed by atoms with Crippen LogP contribution in [0.15, 0.2) is 48.7 Å². The highest BCUT2D eigenvalue weighted by molar-refractivity contribution is 5.99. The molecular weight excluding hydrogens is 508 g/mol. The minimum Gasteiger partial charge on any atom is -0.493 e. The zero-order chi connectivity index (χ0) is 28.4. The Morgan fingerprint density at radius 2 is 1.75 bits per heavy atom. The number of H-pyrrole nitrogens is 1. The van der Waals surface area contributed by atoms with Crippen LogP contribution in [-0.2, 0) is 19.3 Å². The summed E-state index contributed by atoms with van der Waals surface area (Å²) >= 11 is 0. The van der Waals surface area contributed by atoms with Crippen LogP contribution >= 0.6 is 0 Å². The molecule has 0 bridgehead atoms. The average Bonchev–Trinajstić information content (AvgIpc) is 3.37. The molecule has 210 valence electrons. The van der Waals surface area contributed by atoms with Gasteiger partial charge in [-0.15, -0.1) is 0 Å². The second kappa shape index (κ2) is 11.5. The molecular formula is C32H36N2O6. The third-order valence-electron chi connectivity index (χ3n) is 7.38.